The predicted molar refractivity (Wildman–Crippen MR) is 113 cm³/mol. The van der Waals surface area contributed by atoms with Crippen LogP contribution in [0.5, 0.6) is 11.5 Å². The van der Waals surface area contributed by atoms with Gasteiger partial charge in [-0.15, -0.1) is 24.8 Å². The minimum atomic E-state index is -0.506. The molecule has 28 heavy (non-hydrogen) atoms. The Bertz CT molecular complexity index is 715. The normalized spacial score (nSPS) is 14.1. The monoisotopic (exact) mass is 428 g/mol. The first-order chi connectivity index (χ1) is 12.7. The van der Waals surface area contributed by atoms with Gasteiger partial charge < -0.3 is 25.0 Å². The number of hydrogen-bond donors (Lipinski definition) is 2. The quantitative estimate of drug-likeness (QED) is 0.691. The smallest absolute Gasteiger partial charge is 0.320 e. The number of aromatic nitrogens is 1. The summed E-state index contributed by atoms with van der Waals surface area (Å²) >= 11 is 0. The molecule has 0 aliphatic carbocycles. The lowest BCUT2D eigenvalue weighted by Crippen LogP contribution is -2.53. The van der Waals surface area contributed by atoms with Gasteiger partial charge in [0.25, 0.3) is 0 Å². The average Bonchev–Trinajstić information content (AvgIpc) is 2.69. The molecule has 0 radical (unpaired) electrons. The third-order valence-corrected chi connectivity index (χ3v) is 4.16. The summed E-state index contributed by atoms with van der Waals surface area (Å²) in [6.07, 6.45) is 3.33. The van der Waals surface area contributed by atoms with Crippen LogP contribution in [0.1, 0.15) is 5.56 Å². The number of methoxy groups -OCH3 is 1. The van der Waals surface area contributed by atoms with Crippen LogP contribution in [0.3, 0.4) is 0 Å². The van der Waals surface area contributed by atoms with Crippen molar-refractivity contribution < 1.29 is 14.3 Å². The van der Waals surface area contributed by atoms with Crippen LogP contribution in [0.25, 0.3) is 0 Å². The van der Waals surface area contributed by atoms with Crippen LogP contribution in [0.15, 0.2) is 48.8 Å². The number of nitrogens with one attached hydrogen (secondary N) is 2. The van der Waals surface area contributed by atoms with E-state index in [0.29, 0.717) is 25.3 Å². The summed E-state index contributed by atoms with van der Waals surface area (Å²) in [6, 6.07) is 11.2. The van der Waals surface area contributed by atoms with Gasteiger partial charge >= 0.3 is 6.03 Å². The van der Waals surface area contributed by atoms with E-state index in [1.807, 2.05) is 30.3 Å². The van der Waals surface area contributed by atoms with Gasteiger partial charge in [-0.3, -0.25) is 4.98 Å². The largest absolute Gasteiger partial charge is 0.497 e. The highest BCUT2D eigenvalue weighted by Gasteiger charge is 2.21. The van der Waals surface area contributed by atoms with Crippen LogP contribution in [-0.4, -0.2) is 55.4 Å². The molecule has 3 rings (SSSR count). The maximum atomic E-state index is 12.6. The Balaban J connectivity index is 0.00000196. The molecule has 1 aromatic carbocycles. The molecular formula is C19H26Cl2N4O3. The first-order valence-corrected chi connectivity index (χ1v) is 8.70. The van der Waals surface area contributed by atoms with Crippen molar-refractivity contribution in [1.29, 1.82) is 0 Å². The Morgan fingerprint density at radius 2 is 1.96 bits per heavy atom. The minimum absolute atomic E-state index is 0. The molecule has 1 aliphatic rings. The zero-order valence-electron chi connectivity index (χ0n) is 15.7. The SMILES string of the molecule is COc1cccc(CC(NC(=O)N2CCNCC2)Oc2cccnc2)c1.Cl.Cl. The number of ether oxygens (including phenoxy) is 2. The fourth-order valence-electron chi connectivity index (χ4n) is 2.81. The molecule has 0 bridgehead atoms. The maximum absolute atomic E-state index is 12.6. The zero-order chi connectivity index (χ0) is 18.2. The minimum Gasteiger partial charge on any atom is -0.497 e. The second-order valence-electron chi connectivity index (χ2n) is 6.04. The number of pyridine rings is 1. The summed E-state index contributed by atoms with van der Waals surface area (Å²) in [4.78, 5) is 18.4. The highest BCUT2D eigenvalue weighted by molar-refractivity contribution is 5.85. The van der Waals surface area contributed by atoms with Gasteiger partial charge in [0.15, 0.2) is 6.23 Å². The van der Waals surface area contributed by atoms with E-state index in [4.69, 9.17) is 9.47 Å². The molecular weight excluding hydrogens is 403 g/mol. The van der Waals surface area contributed by atoms with Crippen molar-refractivity contribution >= 4 is 30.8 Å². The molecule has 1 aromatic heterocycles. The molecule has 1 fully saturated rings. The number of carbonyl (C=O) groups is 1. The van der Waals surface area contributed by atoms with Crippen LogP contribution in [0.4, 0.5) is 4.79 Å². The van der Waals surface area contributed by atoms with Crippen LogP contribution < -0.4 is 20.1 Å². The van der Waals surface area contributed by atoms with Gasteiger partial charge in [-0.25, -0.2) is 4.79 Å². The number of nitrogens with zero attached hydrogens (tertiary/aromatic N) is 2. The third kappa shape index (κ3) is 7.07. The summed E-state index contributed by atoms with van der Waals surface area (Å²) in [6.45, 7) is 2.98. The molecule has 7 nitrogen and oxygen atoms in total. The Morgan fingerprint density at radius 3 is 2.64 bits per heavy atom. The molecule has 0 spiro atoms. The molecule has 1 atom stereocenters. The van der Waals surface area contributed by atoms with E-state index < -0.39 is 6.23 Å². The lowest BCUT2D eigenvalue weighted by molar-refractivity contribution is 0.139. The molecule has 9 heteroatoms. The molecule has 0 saturated carbocycles. The summed E-state index contributed by atoms with van der Waals surface area (Å²) in [5.74, 6) is 1.39. The van der Waals surface area contributed by atoms with Gasteiger partial charge in [0, 0.05) is 38.8 Å². The summed E-state index contributed by atoms with van der Waals surface area (Å²) in [5.41, 5.74) is 1.01. The van der Waals surface area contributed by atoms with Gasteiger partial charge in [-0.05, 0) is 29.8 Å². The zero-order valence-corrected chi connectivity index (χ0v) is 17.3. The van der Waals surface area contributed by atoms with Crippen LogP contribution >= 0.6 is 24.8 Å². The number of halogens is 2. The highest BCUT2D eigenvalue weighted by Crippen LogP contribution is 2.16. The van der Waals surface area contributed by atoms with E-state index in [9.17, 15) is 4.79 Å². The Hall–Kier alpha value is -2.22. The van der Waals surface area contributed by atoms with Crippen molar-refractivity contribution in [3.8, 4) is 11.5 Å². The molecule has 1 unspecified atom stereocenters. The predicted octanol–water partition coefficient (Wildman–Crippen LogP) is 2.50. The molecule has 1 aliphatic heterocycles. The number of rotatable bonds is 6. The summed E-state index contributed by atoms with van der Waals surface area (Å²) < 4.78 is 11.3. The van der Waals surface area contributed by atoms with Gasteiger partial charge in [0.05, 0.1) is 13.3 Å². The van der Waals surface area contributed by atoms with Crippen molar-refractivity contribution in [1.82, 2.24) is 20.5 Å². The van der Waals surface area contributed by atoms with Crippen molar-refractivity contribution in [3.63, 3.8) is 0 Å². The first kappa shape index (κ1) is 23.8. The number of amides is 2. The number of carbonyl (C=O) groups excluding carboxylic acids is 1. The van der Waals surface area contributed by atoms with Crippen LogP contribution in [0.2, 0.25) is 0 Å². The number of hydrogen-bond acceptors (Lipinski definition) is 5. The number of piperazine rings is 1. The fourth-order valence-corrected chi connectivity index (χ4v) is 2.81. The fraction of sp³-hybridized carbons (Fsp3) is 0.368. The Labute approximate surface area is 177 Å². The lowest BCUT2D eigenvalue weighted by Gasteiger charge is -2.30. The molecule has 2 amide bonds. The van der Waals surface area contributed by atoms with E-state index >= 15 is 0 Å². The van der Waals surface area contributed by atoms with Crippen LogP contribution in [-0.2, 0) is 6.42 Å². The van der Waals surface area contributed by atoms with E-state index in [1.54, 1.807) is 30.5 Å². The molecule has 2 N–H and O–H groups in total. The number of benzene rings is 1. The molecule has 1 saturated heterocycles. The molecule has 154 valence electrons. The van der Waals surface area contributed by atoms with E-state index in [2.05, 4.69) is 15.6 Å². The third-order valence-electron chi connectivity index (χ3n) is 4.16. The van der Waals surface area contributed by atoms with Crippen LogP contribution in [0, 0.1) is 0 Å². The molecule has 2 aromatic rings. The summed E-state index contributed by atoms with van der Waals surface area (Å²) in [5, 5.41) is 6.23. The van der Waals surface area contributed by atoms with Crippen molar-refractivity contribution in [2.24, 2.45) is 0 Å². The highest BCUT2D eigenvalue weighted by atomic mass is 35.5. The Kier molecular flexibility index (Phi) is 10.4. The van der Waals surface area contributed by atoms with E-state index in [0.717, 1.165) is 24.4 Å². The van der Waals surface area contributed by atoms with E-state index in [1.165, 1.54) is 0 Å². The van der Waals surface area contributed by atoms with Gasteiger partial charge in [0.1, 0.15) is 11.5 Å². The maximum Gasteiger partial charge on any atom is 0.320 e. The second-order valence-corrected chi connectivity index (χ2v) is 6.04. The van der Waals surface area contributed by atoms with Crippen molar-refractivity contribution in [3.05, 3.63) is 54.4 Å². The van der Waals surface area contributed by atoms with Crippen molar-refractivity contribution in [2.45, 2.75) is 12.6 Å². The van der Waals surface area contributed by atoms with Gasteiger partial charge in [-0.2, -0.15) is 0 Å². The topological polar surface area (TPSA) is 75.7 Å². The second kappa shape index (κ2) is 12.3. The average molecular weight is 429 g/mol. The number of urea groups is 1. The van der Waals surface area contributed by atoms with Gasteiger partial charge in [0.2, 0.25) is 0 Å². The Morgan fingerprint density at radius 1 is 1.21 bits per heavy atom. The van der Waals surface area contributed by atoms with E-state index in [-0.39, 0.29) is 30.8 Å². The molecule has 2 heterocycles. The van der Waals surface area contributed by atoms with Gasteiger partial charge in [-0.1, -0.05) is 12.1 Å². The summed E-state index contributed by atoms with van der Waals surface area (Å²) in [7, 11) is 1.63. The lowest BCUT2D eigenvalue weighted by atomic mass is 10.1. The first-order valence-electron chi connectivity index (χ1n) is 8.70. The standard InChI is InChI=1S/C19H24N4O3.2ClH/c1-25-16-5-2-4-15(12-16)13-18(26-17-6-3-7-21-14-17)22-19(24)23-10-8-20-9-11-23;;/h2-7,12,14,18,20H,8-11,13H2,1H3,(H,22,24);2*1H. The van der Waals surface area contributed by atoms with Crippen molar-refractivity contribution in [2.75, 3.05) is 33.3 Å².